The zero-order valence-corrected chi connectivity index (χ0v) is 13.4. The molecule has 124 valence electrons. The fourth-order valence-corrected chi connectivity index (χ4v) is 3.23. The lowest BCUT2D eigenvalue weighted by atomic mass is 10.2. The van der Waals surface area contributed by atoms with Gasteiger partial charge >= 0.3 is 0 Å². The lowest BCUT2D eigenvalue weighted by Gasteiger charge is -2.22. The second kappa shape index (κ2) is 6.16. The fourth-order valence-electron chi connectivity index (χ4n) is 3.23. The summed E-state index contributed by atoms with van der Waals surface area (Å²) in [5, 5.41) is 8.45. The van der Waals surface area contributed by atoms with Crippen LogP contribution in [0, 0.1) is 12.7 Å². The number of aromatic nitrogens is 4. The first kappa shape index (κ1) is 15.0. The van der Waals surface area contributed by atoms with Crippen LogP contribution in [-0.4, -0.2) is 31.4 Å². The van der Waals surface area contributed by atoms with Crippen molar-refractivity contribution in [3.63, 3.8) is 0 Å². The molecule has 0 saturated carbocycles. The van der Waals surface area contributed by atoms with E-state index in [1.807, 2.05) is 10.7 Å². The summed E-state index contributed by atoms with van der Waals surface area (Å²) in [5.74, 6) is 1.09. The Hall–Kier alpha value is -2.54. The van der Waals surface area contributed by atoms with Crippen molar-refractivity contribution in [2.45, 2.75) is 32.4 Å². The van der Waals surface area contributed by atoms with Crippen molar-refractivity contribution in [3.05, 3.63) is 59.8 Å². The molecular weight excluding hydrogens is 309 g/mol. The van der Waals surface area contributed by atoms with Gasteiger partial charge in [0.25, 0.3) is 0 Å². The maximum Gasteiger partial charge on any atom is 0.223 e. The average Bonchev–Trinajstić information content (AvgIpc) is 3.30. The Kier molecular flexibility index (Phi) is 3.86. The summed E-state index contributed by atoms with van der Waals surface area (Å²) in [7, 11) is 0. The first-order valence-electron chi connectivity index (χ1n) is 8.04. The summed E-state index contributed by atoms with van der Waals surface area (Å²) in [4.78, 5) is 6.71. The van der Waals surface area contributed by atoms with Crippen LogP contribution in [0.3, 0.4) is 0 Å². The highest BCUT2D eigenvalue weighted by Crippen LogP contribution is 2.31. The van der Waals surface area contributed by atoms with Gasteiger partial charge in [-0.3, -0.25) is 4.90 Å². The Balaban J connectivity index is 1.57. The highest BCUT2D eigenvalue weighted by molar-refractivity contribution is 5.32. The molecule has 7 heteroatoms. The summed E-state index contributed by atoms with van der Waals surface area (Å²) < 4.78 is 20.1. The number of likely N-dealkylation sites (tertiary alicyclic amines) is 1. The van der Waals surface area contributed by atoms with E-state index in [0.29, 0.717) is 5.89 Å². The van der Waals surface area contributed by atoms with E-state index < -0.39 is 0 Å². The predicted octanol–water partition coefficient (Wildman–Crippen LogP) is 3.04. The number of hydrogen-bond acceptors (Lipinski definition) is 5. The molecule has 1 aliphatic heterocycles. The number of nitrogens with zero attached hydrogens (tertiary/aromatic N) is 5. The first-order valence-corrected chi connectivity index (χ1v) is 8.04. The van der Waals surface area contributed by atoms with Crippen LogP contribution in [0.5, 0.6) is 0 Å². The van der Waals surface area contributed by atoms with Gasteiger partial charge in [-0.05, 0) is 49.7 Å². The molecule has 0 N–H and O–H groups in total. The molecule has 0 radical (unpaired) electrons. The molecule has 0 spiro atoms. The van der Waals surface area contributed by atoms with Gasteiger partial charge in [-0.15, -0.1) is 0 Å². The second-order valence-corrected chi connectivity index (χ2v) is 6.01. The minimum Gasteiger partial charge on any atom is -0.340 e. The molecule has 1 aliphatic rings. The van der Waals surface area contributed by atoms with Gasteiger partial charge in [-0.1, -0.05) is 5.16 Å². The van der Waals surface area contributed by atoms with E-state index in [4.69, 9.17) is 4.52 Å². The minimum atomic E-state index is -0.250. The van der Waals surface area contributed by atoms with Crippen molar-refractivity contribution < 1.29 is 8.91 Å². The van der Waals surface area contributed by atoms with Gasteiger partial charge < -0.3 is 4.52 Å². The SMILES string of the molecule is Cc1nc(C2CCCN2Cc2ccnn2-c2ccc(F)cc2)no1. The molecule has 1 unspecified atom stereocenters. The molecule has 1 fully saturated rings. The van der Waals surface area contributed by atoms with Crippen molar-refractivity contribution in [3.8, 4) is 5.69 Å². The third-order valence-electron chi connectivity index (χ3n) is 4.36. The normalized spacial score (nSPS) is 18.3. The summed E-state index contributed by atoms with van der Waals surface area (Å²) >= 11 is 0. The van der Waals surface area contributed by atoms with E-state index in [-0.39, 0.29) is 11.9 Å². The molecule has 4 rings (SSSR count). The molecule has 2 aromatic heterocycles. The van der Waals surface area contributed by atoms with Crippen molar-refractivity contribution >= 4 is 0 Å². The predicted molar refractivity (Wildman–Crippen MR) is 84.9 cm³/mol. The van der Waals surface area contributed by atoms with Gasteiger partial charge in [-0.25, -0.2) is 9.07 Å². The zero-order valence-electron chi connectivity index (χ0n) is 13.4. The van der Waals surface area contributed by atoms with Crippen LogP contribution in [0.1, 0.15) is 36.3 Å². The van der Waals surface area contributed by atoms with Crippen LogP contribution < -0.4 is 0 Å². The van der Waals surface area contributed by atoms with E-state index in [9.17, 15) is 4.39 Å². The summed E-state index contributed by atoms with van der Waals surface area (Å²) in [5.41, 5.74) is 1.90. The van der Waals surface area contributed by atoms with Crippen molar-refractivity contribution in [2.75, 3.05) is 6.54 Å². The third-order valence-corrected chi connectivity index (χ3v) is 4.36. The number of aryl methyl sites for hydroxylation is 1. The van der Waals surface area contributed by atoms with Gasteiger partial charge in [0, 0.05) is 19.7 Å². The van der Waals surface area contributed by atoms with Crippen LogP contribution in [-0.2, 0) is 6.54 Å². The standard InChI is InChI=1S/C17H18FN5O/c1-12-20-17(21-24-12)16-3-2-10-22(16)11-15-8-9-19-23(15)14-6-4-13(18)5-7-14/h4-9,16H,2-3,10-11H2,1H3. The lowest BCUT2D eigenvalue weighted by molar-refractivity contribution is 0.229. The topological polar surface area (TPSA) is 60.0 Å². The van der Waals surface area contributed by atoms with Crippen LogP contribution in [0.2, 0.25) is 0 Å². The number of rotatable bonds is 4. The maximum atomic E-state index is 13.1. The average molecular weight is 327 g/mol. The van der Waals surface area contributed by atoms with Crippen molar-refractivity contribution in [1.82, 2.24) is 24.8 Å². The largest absolute Gasteiger partial charge is 0.340 e. The molecule has 0 amide bonds. The van der Waals surface area contributed by atoms with Crippen molar-refractivity contribution in [2.24, 2.45) is 0 Å². The van der Waals surface area contributed by atoms with Gasteiger partial charge in [0.1, 0.15) is 5.82 Å². The first-order chi connectivity index (χ1) is 11.7. The molecule has 1 atom stereocenters. The van der Waals surface area contributed by atoms with Gasteiger partial charge in [0.05, 0.1) is 17.4 Å². The highest BCUT2D eigenvalue weighted by Gasteiger charge is 2.30. The van der Waals surface area contributed by atoms with Crippen LogP contribution in [0.25, 0.3) is 5.69 Å². The van der Waals surface area contributed by atoms with Gasteiger partial charge in [0.15, 0.2) is 5.82 Å². The molecule has 0 bridgehead atoms. The molecule has 1 saturated heterocycles. The number of benzene rings is 1. The van der Waals surface area contributed by atoms with E-state index in [1.54, 1.807) is 25.3 Å². The Morgan fingerprint density at radius 2 is 2.08 bits per heavy atom. The number of halogens is 1. The van der Waals surface area contributed by atoms with Gasteiger partial charge in [0.2, 0.25) is 5.89 Å². The van der Waals surface area contributed by atoms with E-state index in [1.165, 1.54) is 12.1 Å². The molecular formula is C17H18FN5O. The smallest absolute Gasteiger partial charge is 0.223 e. The van der Waals surface area contributed by atoms with E-state index in [0.717, 1.165) is 43.1 Å². The maximum absolute atomic E-state index is 13.1. The van der Waals surface area contributed by atoms with Crippen LogP contribution in [0.15, 0.2) is 41.1 Å². The Labute approximate surface area is 138 Å². The van der Waals surface area contributed by atoms with E-state index >= 15 is 0 Å². The lowest BCUT2D eigenvalue weighted by Crippen LogP contribution is -2.25. The summed E-state index contributed by atoms with van der Waals surface area (Å²) in [6, 6.07) is 8.51. The van der Waals surface area contributed by atoms with E-state index in [2.05, 4.69) is 20.1 Å². The highest BCUT2D eigenvalue weighted by atomic mass is 19.1. The Morgan fingerprint density at radius 1 is 1.25 bits per heavy atom. The number of hydrogen-bond donors (Lipinski definition) is 0. The molecule has 0 aliphatic carbocycles. The minimum absolute atomic E-state index is 0.166. The third kappa shape index (κ3) is 2.82. The zero-order chi connectivity index (χ0) is 16.5. The molecule has 6 nitrogen and oxygen atoms in total. The second-order valence-electron chi connectivity index (χ2n) is 6.01. The molecule has 3 aromatic rings. The summed E-state index contributed by atoms with van der Waals surface area (Å²) in [6.07, 6.45) is 3.88. The monoisotopic (exact) mass is 327 g/mol. The molecule has 1 aromatic carbocycles. The van der Waals surface area contributed by atoms with Crippen LogP contribution in [0.4, 0.5) is 4.39 Å². The molecule has 3 heterocycles. The summed E-state index contributed by atoms with van der Waals surface area (Å²) in [6.45, 7) is 3.52. The Morgan fingerprint density at radius 3 is 2.83 bits per heavy atom. The molecule has 24 heavy (non-hydrogen) atoms. The Bertz CT molecular complexity index is 826. The van der Waals surface area contributed by atoms with Gasteiger partial charge in [-0.2, -0.15) is 10.1 Å². The fraction of sp³-hybridized carbons (Fsp3) is 0.353. The quantitative estimate of drug-likeness (QED) is 0.737. The van der Waals surface area contributed by atoms with Crippen molar-refractivity contribution in [1.29, 1.82) is 0 Å². The van der Waals surface area contributed by atoms with Crippen LogP contribution >= 0.6 is 0 Å².